The minimum Gasteiger partial charge on any atom is -0.341 e. The first-order chi connectivity index (χ1) is 13.8. The smallest absolute Gasteiger partial charge is 0.124 e. The number of aromatic nitrogens is 3. The summed E-state index contributed by atoms with van der Waals surface area (Å²) >= 11 is 0. The molecule has 0 radical (unpaired) electrons. The zero-order chi connectivity index (χ0) is 18.9. The van der Waals surface area contributed by atoms with Gasteiger partial charge in [-0.1, -0.05) is 54.6 Å². The van der Waals surface area contributed by atoms with Gasteiger partial charge in [0.25, 0.3) is 0 Å². The number of aromatic amines is 1. The molecule has 0 amide bonds. The van der Waals surface area contributed by atoms with Crippen LogP contribution in [0.2, 0.25) is 0 Å². The average Bonchev–Trinajstić information content (AvgIpc) is 3.18. The van der Waals surface area contributed by atoms with Crippen LogP contribution in [0.1, 0.15) is 17.4 Å². The number of rotatable bonds is 4. The largest absolute Gasteiger partial charge is 0.341 e. The van der Waals surface area contributed by atoms with E-state index in [1.54, 1.807) is 0 Å². The Hall–Kier alpha value is -3.50. The third-order valence-electron chi connectivity index (χ3n) is 5.14. The molecule has 136 valence electrons. The molecule has 0 aliphatic heterocycles. The molecule has 0 spiro atoms. The van der Waals surface area contributed by atoms with Crippen molar-refractivity contribution >= 4 is 21.8 Å². The molecule has 3 N–H and O–H groups in total. The van der Waals surface area contributed by atoms with Crippen molar-refractivity contribution in [3.05, 3.63) is 96.6 Å². The highest BCUT2D eigenvalue weighted by molar-refractivity contribution is 5.97. The van der Waals surface area contributed by atoms with Crippen molar-refractivity contribution < 1.29 is 0 Å². The van der Waals surface area contributed by atoms with Crippen LogP contribution < -0.4 is 5.73 Å². The molecule has 2 aromatic heterocycles. The van der Waals surface area contributed by atoms with Gasteiger partial charge in [-0.3, -0.25) is 4.98 Å². The van der Waals surface area contributed by atoms with Crippen LogP contribution in [0.3, 0.4) is 0 Å². The number of fused-ring (bicyclic) bond motifs is 2. The second-order valence-electron chi connectivity index (χ2n) is 7.05. The Morgan fingerprint density at radius 1 is 0.929 bits per heavy atom. The highest BCUT2D eigenvalue weighted by Gasteiger charge is 2.13. The Morgan fingerprint density at radius 2 is 1.82 bits per heavy atom. The van der Waals surface area contributed by atoms with Crippen molar-refractivity contribution in [2.24, 2.45) is 5.73 Å². The Labute approximate surface area is 163 Å². The molecule has 4 nitrogen and oxygen atoms in total. The summed E-state index contributed by atoms with van der Waals surface area (Å²) in [5.41, 5.74) is 11.9. The predicted octanol–water partition coefficient (Wildman–Crippen LogP) is 5.02. The molecule has 0 saturated carbocycles. The first-order valence-corrected chi connectivity index (χ1v) is 9.40. The van der Waals surface area contributed by atoms with Gasteiger partial charge in [0, 0.05) is 17.8 Å². The Kier molecular flexibility index (Phi) is 4.11. The van der Waals surface area contributed by atoms with Gasteiger partial charge < -0.3 is 10.7 Å². The quantitative estimate of drug-likeness (QED) is 0.470. The van der Waals surface area contributed by atoms with E-state index in [9.17, 15) is 0 Å². The lowest BCUT2D eigenvalue weighted by Crippen LogP contribution is -2.14. The first kappa shape index (κ1) is 16.7. The molecule has 0 aliphatic carbocycles. The van der Waals surface area contributed by atoms with Gasteiger partial charge in [0.1, 0.15) is 5.82 Å². The van der Waals surface area contributed by atoms with Crippen molar-refractivity contribution in [2.45, 2.75) is 12.5 Å². The van der Waals surface area contributed by atoms with Crippen LogP contribution in [0.5, 0.6) is 0 Å². The predicted molar refractivity (Wildman–Crippen MR) is 114 cm³/mol. The van der Waals surface area contributed by atoms with Crippen molar-refractivity contribution in [1.82, 2.24) is 15.0 Å². The summed E-state index contributed by atoms with van der Waals surface area (Å²) < 4.78 is 0. The fourth-order valence-electron chi connectivity index (χ4n) is 3.71. The maximum Gasteiger partial charge on any atom is 0.124 e. The van der Waals surface area contributed by atoms with Gasteiger partial charge in [-0.25, -0.2) is 4.98 Å². The number of benzene rings is 3. The second-order valence-corrected chi connectivity index (χ2v) is 7.05. The number of H-pyrrole nitrogens is 1. The van der Waals surface area contributed by atoms with Gasteiger partial charge in [0.15, 0.2) is 0 Å². The summed E-state index contributed by atoms with van der Waals surface area (Å²) in [6, 6.07) is 24.8. The van der Waals surface area contributed by atoms with Gasteiger partial charge in [0.2, 0.25) is 0 Å². The molecule has 0 aliphatic rings. The van der Waals surface area contributed by atoms with Gasteiger partial charge in [0.05, 0.1) is 17.1 Å². The fourth-order valence-corrected chi connectivity index (χ4v) is 3.71. The van der Waals surface area contributed by atoms with Crippen LogP contribution in [0.25, 0.3) is 32.9 Å². The molecular formula is C24H20N4. The van der Waals surface area contributed by atoms with E-state index in [1.165, 1.54) is 16.5 Å². The number of nitrogens with two attached hydrogens (primary N) is 1. The Bertz CT molecular complexity index is 1250. The molecule has 3 aromatic carbocycles. The molecule has 1 atom stereocenters. The van der Waals surface area contributed by atoms with Gasteiger partial charge in [-0.05, 0) is 46.7 Å². The van der Waals surface area contributed by atoms with E-state index in [4.69, 9.17) is 10.7 Å². The van der Waals surface area contributed by atoms with E-state index in [0.29, 0.717) is 0 Å². The SMILES string of the molecule is NC(Cc1ccccc1)c1nc2ccc(-c3cccc4cnccc34)cc2[nH]1. The molecule has 5 aromatic rings. The van der Waals surface area contributed by atoms with E-state index >= 15 is 0 Å². The van der Waals surface area contributed by atoms with Crippen molar-refractivity contribution in [2.75, 3.05) is 0 Å². The summed E-state index contributed by atoms with van der Waals surface area (Å²) in [5.74, 6) is 0.818. The summed E-state index contributed by atoms with van der Waals surface area (Å²) in [6.07, 6.45) is 4.49. The zero-order valence-electron chi connectivity index (χ0n) is 15.3. The van der Waals surface area contributed by atoms with Crippen LogP contribution in [-0.4, -0.2) is 15.0 Å². The second kappa shape index (κ2) is 6.91. The van der Waals surface area contributed by atoms with Gasteiger partial charge in [-0.15, -0.1) is 0 Å². The minimum absolute atomic E-state index is 0.165. The zero-order valence-corrected chi connectivity index (χ0v) is 15.3. The average molecular weight is 364 g/mol. The number of hydrogen-bond donors (Lipinski definition) is 2. The topological polar surface area (TPSA) is 67.6 Å². The third-order valence-corrected chi connectivity index (χ3v) is 5.14. The van der Waals surface area contributed by atoms with E-state index in [-0.39, 0.29) is 6.04 Å². The number of pyridine rings is 1. The monoisotopic (exact) mass is 364 g/mol. The van der Waals surface area contributed by atoms with E-state index in [0.717, 1.165) is 34.2 Å². The number of imidazole rings is 1. The molecule has 1 unspecified atom stereocenters. The maximum absolute atomic E-state index is 6.41. The van der Waals surface area contributed by atoms with E-state index in [2.05, 4.69) is 64.6 Å². The number of nitrogens with one attached hydrogen (secondary N) is 1. The Balaban J connectivity index is 1.52. The summed E-state index contributed by atoms with van der Waals surface area (Å²) in [6.45, 7) is 0. The summed E-state index contributed by atoms with van der Waals surface area (Å²) in [4.78, 5) is 12.4. The third kappa shape index (κ3) is 3.04. The highest BCUT2D eigenvalue weighted by atomic mass is 15.0. The Morgan fingerprint density at radius 3 is 2.71 bits per heavy atom. The lowest BCUT2D eigenvalue weighted by molar-refractivity contribution is 0.680. The lowest BCUT2D eigenvalue weighted by Gasteiger charge is -2.08. The number of hydrogen-bond acceptors (Lipinski definition) is 3. The summed E-state index contributed by atoms with van der Waals surface area (Å²) in [7, 11) is 0. The van der Waals surface area contributed by atoms with Crippen LogP contribution in [0.15, 0.2) is 85.2 Å². The van der Waals surface area contributed by atoms with Gasteiger partial charge >= 0.3 is 0 Å². The molecule has 5 rings (SSSR count). The highest BCUT2D eigenvalue weighted by Crippen LogP contribution is 2.30. The maximum atomic E-state index is 6.41. The standard InChI is InChI=1S/C24H20N4/c25-21(13-16-5-2-1-3-6-16)24-27-22-10-9-17(14-23(22)28-24)19-8-4-7-18-15-26-12-11-20(18)19/h1-12,14-15,21H,13,25H2,(H,27,28). The van der Waals surface area contributed by atoms with E-state index < -0.39 is 0 Å². The summed E-state index contributed by atoms with van der Waals surface area (Å²) in [5, 5.41) is 2.33. The fraction of sp³-hybridized carbons (Fsp3) is 0.0833. The van der Waals surface area contributed by atoms with Crippen LogP contribution in [-0.2, 0) is 6.42 Å². The van der Waals surface area contributed by atoms with E-state index in [1.807, 2.05) is 30.6 Å². The van der Waals surface area contributed by atoms with Crippen molar-refractivity contribution in [3.63, 3.8) is 0 Å². The molecule has 0 fully saturated rings. The molecule has 2 heterocycles. The van der Waals surface area contributed by atoms with Crippen molar-refractivity contribution in [3.8, 4) is 11.1 Å². The van der Waals surface area contributed by atoms with Gasteiger partial charge in [-0.2, -0.15) is 0 Å². The van der Waals surface area contributed by atoms with Crippen LogP contribution in [0.4, 0.5) is 0 Å². The molecule has 28 heavy (non-hydrogen) atoms. The molecule has 4 heteroatoms. The molecular weight excluding hydrogens is 344 g/mol. The normalized spacial score (nSPS) is 12.5. The van der Waals surface area contributed by atoms with Crippen LogP contribution >= 0.6 is 0 Å². The lowest BCUT2D eigenvalue weighted by atomic mass is 9.99. The first-order valence-electron chi connectivity index (χ1n) is 9.40. The van der Waals surface area contributed by atoms with Crippen LogP contribution in [0, 0.1) is 0 Å². The minimum atomic E-state index is -0.165. The van der Waals surface area contributed by atoms with Crippen molar-refractivity contribution in [1.29, 1.82) is 0 Å². The number of nitrogens with zero attached hydrogens (tertiary/aromatic N) is 2. The molecule has 0 bridgehead atoms. The molecule has 0 saturated heterocycles.